The third kappa shape index (κ3) is 2.09. The predicted octanol–water partition coefficient (Wildman–Crippen LogP) is 3.22. The zero-order valence-electron chi connectivity index (χ0n) is 9.34. The summed E-state index contributed by atoms with van der Waals surface area (Å²) in [6.07, 6.45) is 11.5. The number of rotatable bonds is 2. The van der Waals surface area contributed by atoms with E-state index in [2.05, 4.69) is 6.58 Å². The minimum Gasteiger partial charge on any atom is -0.459 e. The van der Waals surface area contributed by atoms with Gasteiger partial charge in [-0.3, -0.25) is 0 Å². The fraction of sp³-hybridized carbons (Fsp3) is 0.769. The van der Waals surface area contributed by atoms with E-state index in [1.54, 1.807) is 0 Å². The summed E-state index contributed by atoms with van der Waals surface area (Å²) >= 11 is 0. The highest BCUT2D eigenvalue weighted by molar-refractivity contribution is 5.81. The van der Waals surface area contributed by atoms with Gasteiger partial charge in [-0.1, -0.05) is 25.8 Å². The van der Waals surface area contributed by atoms with Gasteiger partial charge < -0.3 is 4.74 Å². The molecule has 0 amide bonds. The molecule has 0 aromatic rings. The highest BCUT2D eigenvalue weighted by Gasteiger charge is 2.45. The summed E-state index contributed by atoms with van der Waals surface area (Å²) in [4.78, 5) is 11.3. The molecule has 2 aliphatic rings. The van der Waals surface area contributed by atoms with Gasteiger partial charge in [-0.15, -0.1) is 0 Å². The van der Waals surface area contributed by atoms with Crippen molar-refractivity contribution >= 4 is 5.97 Å². The van der Waals surface area contributed by atoms with Crippen LogP contribution in [0.5, 0.6) is 0 Å². The highest BCUT2D eigenvalue weighted by Crippen LogP contribution is 2.50. The van der Waals surface area contributed by atoms with E-state index in [-0.39, 0.29) is 12.1 Å². The van der Waals surface area contributed by atoms with Crippen LogP contribution in [0.15, 0.2) is 12.7 Å². The maximum absolute atomic E-state index is 11.3. The molecule has 0 heterocycles. The molecule has 2 nitrogen and oxygen atoms in total. The van der Waals surface area contributed by atoms with E-state index in [9.17, 15) is 4.79 Å². The topological polar surface area (TPSA) is 26.3 Å². The normalized spacial score (nSPS) is 28.9. The molecule has 2 saturated carbocycles. The Morgan fingerprint density at radius 2 is 1.87 bits per heavy atom. The second-order valence-electron chi connectivity index (χ2n) is 4.94. The van der Waals surface area contributed by atoms with Gasteiger partial charge in [0.2, 0.25) is 0 Å². The third-order valence-electron chi connectivity index (χ3n) is 4.10. The quantitative estimate of drug-likeness (QED) is 0.514. The first kappa shape index (κ1) is 10.7. The van der Waals surface area contributed by atoms with Crippen LogP contribution in [0.1, 0.15) is 51.4 Å². The van der Waals surface area contributed by atoms with E-state index in [1.807, 2.05) is 0 Å². The molecule has 2 fully saturated rings. The van der Waals surface area contributed by atoms with Crippen molar-refractivity contribution in [1.82, 2.24) is 0 Å². The lowest BCUT2D eigenvalue weighted by atomic mass is 9.71. The summed E-state index contributed by atoms with van der Waals surface area (Å²) in [5.74, 6) is -0.244. The molecule has 84 valence electrons. The van der Waals surface area contributed by atoms with Crippen molar-refractivity contribution in [2.24, 2.45) is 5.41 Å². The van der Waals surface area contributed by atoms with Gasteiger partial charge in [0, 0.05) is 11.5 Å². The summed E-state index contributed by atoms with van der Waals surface area (Å²) in [6, 6.07) is 0. The fourth-order valence-electron chi connectivity index (χ4n) is 3.31. The summed E-state index contributed by atoms with van der Waals surface area (Å²) in [6.45, 7) is 3.46. The lowest BCUT2D eigenvalue weighted by molar-refractivity contribution is -0.149. The molecule has 15 heavy (non-hydrogen) atoms. The van der Waals surface area contributed by atoms with Gasteiger partial charge in [-0.2, -0.15) is 0 Å². The molecule has 2 aliphatic carbocycles. The molecule has 0 aromatic heterocycles. The zero-order chi connectivity index (χ0) is 10.7. The Hall–Kier alpha value is -0.790. The predicted molar refractivity (Wildman–Crippen MR) is 59.4 cm³/mol. The first-order valence-corrected chi connectivity index (χ1v) is 6.10. The Kier molecular flexibility index (Phi) is 3.13. The van der Waals surface area contributed by atoms with Crippen LogP contribution in [0.2, 0.25) is 0 Å². The van der Waals surface area contributed by atoms with Gasteiger partial charge in [-0.25, -0.2) is 4.79 Å². The van der Waals surface area contributed by atoms with Crippen molar-refractivity contribution in [2.75, 3.05) is 0 Å². The van der Waals surface area contributed by atoms with Crippen LogP contribution in [-0.4, -0.2) is 12.1 Å². The molecule has 0 radical (unpaired) electrons. The molecule has 0 aliphatic heterocycles. The fourth-order valence-corrected chi connectivity index (χ4v) is 3.31. The lowest BCUT2D eigenvalue weighted by Crippen LogP contribution is -2.35. The average Bonchev–Trinajstić information content (AvgIpc) is 2.63. The van der Waals surface area contributed by atoms with Crippen molar-refractivity contribution in [2.45, 2.75) is 57.5 Å². The van der Waals surface area contributed by atoms with Crippen LogP contribution in [0, 0.1) is 5.41 Å². The number of carbonyl (C=O) groups excluding carboxylic acids is 1. The van der Waals surface area contributed by atoms with E-state index in [4.69, 9.17) is 4.74 Å². The Balaban J connectivity index is 2.02. The standard InChI is InChI=1S/C13H20O2/c1-2-12(14)15-11-7-6-10-13(11)8-4-3-5-9-13/h2,11H,1,3-10H2. The Morgan fingerprint density at radius 3 is 2.53 bits per heavy atom. The lowest BCUT2D eigenvalue weighted by Gasteiger charge is -2.38. The SMILES string of the molecule is C=CC(=O)OC1CCCC12CCCCC2. The summed E-state index contributed by atoms with van der Waals surface area (Å²) in [5.41, 5.74) is 0.330. The molecule has 1 atom stereocenters. The number of hydrogen-bond acceptors (Lipinski definition) is 2. The largest absolute Gasteiger partial charge is 0.459 e. The average molecular weight is 208 g/mol. The van der Waals surface area contributed by atoms with E-state index >= 15 is 0 Å². The van der Waals surface area contributed by atoms with Crippen LogP contribution in [0.4, 0.5) is 0 Å². The number of ether oxygens (including phenoxy) is 1. The van der Waals surface area contributed by atoms with Gasteiger partial charge in [-0.05, 0) is 32.1 Å². The van der Waals surface area contributed by atoms with E-state index in [0.29, 0.717) is 5.41 Å². The molecular weight excluding hydrogens is 188 g/mol. The monoisotopic (exact) mass is 208 g/mol. The van der Waals surface area contributed by atoms with Gasteiger partial charge in [0.25, 0.3) is 0 Å². The van der Waals surface area contributed by atoms with Gasteiger partial charge in [0.05, 0.1) is 0 Å². The molecular formula is C13H20O2. The molecule has 1 spiro atoms. The minimum absolute atomic E-state index is 0.170. The number of carbonyl (C=O) groups is 1. The van der Waals surface area contributed by atoms with Crippen molar-refractivity contribution in [3.05, 3.63) is 12.7 Å². The van der Waals surface area contributed by atoms with Gasteiger partial charge >= 0.3 is 5.97 Å². The molecule has 2 heteroatoms. The Morgan fingerprint density at radius 1 is 1.20 bits per heavy atom. The van der Waals surface area contributed by atoms with Crippen molar-refractivity contribution in [1.29, 1.82) is 0 Å². The second kappa shape index (κ2) is 4.38. The zero-order valence-corrected chi connectivity index (χ0v) is 9.34. The van der Waals surface area contributed by atoms with E-state index in [0.717, 1.165) is 6.42 Å². The van der Waals surface area contributed by atoms with Crippen molar-refractivity contribution in [3.63, 3.8) is 0 Å². The van der Waals surface area contributed by atoms with Crippen LogP contribution >= 0.6 is 0 Å². The van der Waals surface area contributed by atoms with E-state index in [1.165, 1.54) is 51.0 Å². The molecule has 0 bridgehead atoms. The maximum atomic E-state index is 11.3. The third-order valence-corrected chi connectivity index (χ3v) is 4.10. The first-order chi connectivity index (χ1) is 7.27. The minimum atomic E-state index is -0.244. The maximum Gasteiger partial charge on any atom is 0.330 e. The first-order valence-electron chi connectivity index (χ1n) is 6.10. The van der Waals surface area contributed by atoms with Crippen molar-refractivity contribution in [3.8, 4) is 0 Å². The van der Waals surface area contributed by atoms with Gasteiger partial charge in [0.15, 0.2) is 0 Å². The number of hydrogen-bond donors (Lipinski definition) is 0. The van der Waals surface area contributed by atoms with Crippen LogP contribution < -0.4 is 0 Å². The molecule has 0 saturated heterocycles. The summed E-state index contributed by atoms with van der Waals surface area (Å²) < 4.78 is 5.50. The Labute approximate surface area is 91.7 Å². The van der Waals surface area contributed by atoms with Crippen LogP contribution in [0.25, 0.3) is 0 Å². The smallest absolute Gasteiger partial charge is 0.330 e. The molecule has 1 unspecified atom stereocenters. The summed E-state index contributed by atoms with van der Waals surface area (Å²) in [5, 5.41) is 0. The molecule has 2 rings (SSSR count). The Bertz CT molecular complexity index is 251. The van der Waals surface area contributed by atoms with Crippen LogP contribution in [-0.2, 0) is 9.53 Å². The van der Waals surface area contributed by atoms with Crippen molar-refractivity contribution < 1.29 is 9.53 Å². The van der Waals surface area contributed by atoms with Gasteiger partial charge in [0.1, 0.15) is 6.10 Å². The summed E-state index contributed by atoms with van der Waals surface area (Å²) in [7, 11) is 0. The number of esters is 1. The van der Waals surface area contributed by atoms with E-state index < -0.39 is 0 Å². The molecule has 0 N–H and O–H groups in total. The highest BCUT2D eigenvalue weighted by atomic mass is 16.5. The molecule has 0 aromatic carbocycles. The second-order valence-corrected chi connectivity index (χ2v) is 4.94. The van der Waals surface area contributed by atoms with Crippen LogP contribution in [0.3, 0.4) is 0 Å².